The number of carbonyl (C=O) groups excluding carboxylic acids is 1. The molecule has 1 amide bonds. The van der Waals surface area contributed by atoms with Gasteiger partial charge in [-0.2, -0.15) is 0 Å². The minimum absolute atomic E-state index is 0.140. The molecular weight excluding hydrogens is 308 g/mol. The number of aromatic nitrogens is 1. The van der Waals surface area contributed by atoms with Gasteiger partial charge in [0.15, 0.2) is 0 Å². The second-order valence-corrected chi connectivity index (χ2v) is 5.88. The minimum Gasteiger partial charge on any atom is -0.342 e. The lowest BCUT2D eigenvalue weighted by molar-refractivity contribution is -0.116. The normalized spacial score (nSPS) is 12.0. The molecule has 0 aliphatic heterocycles. The van der Waals surface area contributed by atoms with Crippen molar-refractivity contribution < 1.29 is 4.79 Å². The Kier molecular flexibility index (Phi) is 5.37. The monoisotopic (exact) mass is 328 g/mol. The molecule has 3 rings (SSSR count). The van der Waals surface area contributed by atoms with Gasteiger partial charge in [0.05, 0.1) is 6.04 Å². The molecule has 0 radical (unpaired) electrons. The van der Waals surface area contributed by atoms with Crippen molar-refractivity contribution in [2.45, 2.75) is 13.0 Å². The van der Waals surface area contributed by atoms with Gasteiger partial charge in [-0.3, -0.25) is 9.78 Å². The molecule has 25 heavy (non-hydrogen) atoms. The third kappa shape index (κ3) is 4.64. The molecule has 124 valence electrons. The highest BCUT2D eigenvalue weighted by Gasteiger charge is 2.15. The maximum Gasteiger partial charge on any atom is 0.244 e. The van der Waals surface area contributed by atoms with Crippen molar-refractivity contribution in [3.63, 3.8) is 0 Å². The van der Waals surface area contributed by atoms with Crippen LogP contribution in [-0.4, -0.2) is 10.9 Å². The van der Waals surface area contributed by atoms with Crippen LogP contribution in [0.3, 0.4) is 0 Å². The first-order valence-corrected chi connectivity index (χ1v) is 8.22. The zero-order valence-electron chi connectivity index (χ0n) is 14.1. The van der Waals surface area contributed by atoms with E-state index in [1.54, 1.807) is 24.5 Å². The molecule has 1 atom stereocenters. The van der Waals surface area contributed by atoms with Gasteiger partial charge in [-0.05, 0) is 35.8 Å². The van der Waals surface area contributed by atoms with Gasteiger partial charge in [-0.1, -0.05) is 66.2 Å². The highest BCUT2D eigenvalue weighted by molar-refractivity contribution is 5.92. The fourth-order valence-corrected chi connectivity index (χ4v) is 2.60. The van der Waals surface area contributed by atoms with Crippen LogP contribution in [0, 0.1) is 6.92 Å². The lowest BCUT2D eigenvalue weighted by Crippen LogP contribution is -2.27. The van der Waals surface area contributed by atoms with Crippen LogP contribution in [0.4, 0.5) is 0 Å². The molecule has 1 N–H and O–H groups in total. The average molecular weight is 328 g/mol. The number of aryl methyl sites for hydroxylation is 1. The van der Waals surface area contributed by atoms with Crippen LogP contribution in [0.5, 0.6) is 0 Å². The molecule has 2 aromatic carbocycles. The van der Waals surface area contributed by atoms with Crippen LogP contribution < -0.4 is 5.32 Å². The number of benzene rings is 2. The molecule has 0 spiro atoms. The van der Waals surface area contributed by atoms with E-state index in [1.807, 2.05) is 42.5 Å². The number of pyridine rings is 1. The van der Waals surface area contributed by atoms with Gasteiger partial charge in [0.25, 0.3) is 0 Å². The van der Waals surface area contributed by atoms with Crippen molar-refractivity contribution in [3.8, 4) is 0 Å². The van der Waals surface area contributed by atoms with E-state index < -0.39 is 0 Å². The fraction of sp³-hybridized carbons (Fsp3) is 0.0909. The summed E-state index contributed by atoms with van der Waals surface area (Å²) in [6, 6.07) is 21.8. The zero-order valence-corrected chi connectivity index (χ0v) is 14.1. The van der Waals surface area contributed by atoms with Crippen LogP contribution in [0.2, 0.25) is 0 Å². The molecule has 1 unspecified atom stereocenters. The van der Waals surface area contributed by atoms with Crippen molar-refractivity contribution in [1.82, 2.24) is 10.3 Å². The van der Waals surface area contributed by atoms with E-state index in [4.69, 9.17) is 0 Å². The summed E-state index contributed by atoms with van der Waals surface area (Å²) >= 11 is 0. The molecule has 3 nitrogen and oxygen atoms in total. The number of amides is 1. The van der Waals surface area contributed by atoms with Crippen LogP contribution in [-0.2, 0) is 4.79 Å². The number of nitrogens with zero attached hydrogens (tertiary/aromatic N) is 1. The topological polar surface area (TPSA) is 42.0 Å². The number of rotatable bonds is 5. The predicted molar refractivity (Wildman–Crippen MR) is 101 cm³/mol. The molecule has 3 heteroatoms. The van der Waals surface area contributed by atoms with E-state index >= 15 is 0 Å². The molecule has 1 heterocycles. The van der Waals surface area contributed by atoms with E-state index in [9.17, 15) is 4.79 Å². The number of carbonyl (C=O) groups is 1. The predicted octanol–water partition coefficient (Wildman–Crippen LogP) is 4.31. The Labute approximate surface area is 148 Å². The van der Waals surface area contributed by atoms with E-state index in [1.165, 1.54) is 5.56 Å². The summed E-state index contributed by atoms with van der Waals surface area (Å²) < 4.78 is 0. The number of nitrogens with one attached hydrogen (secondary N) is 1. The van der Waals surface area contributed by atoms with E-state index in [2.05, 4.69) is 41.5 Å². The van der Waals surface area contributed by atoms with Gasteiger partial charge in [-0.25, -0.2) is 0 Å². The molecule has 0 saturated carbocycles. The summed E-state index contributed by atoms with van der Waals surface area (Å²) in [6.07, 6.45) is 6.74. The summed E-state index contributed by atoms with van der Waals surface area (Å²) in [6.45, 7) is 2.05. The van der Waals surface area contributed by atoms with Crippen LogP contribution in [0.1, 0.15) is 28.3 Å². The number of hydrogen-bond donors (Lipinski definition) is 1. The Bertz CT molecular complexity index is 840. The Morgan fingerprint density at radius 1 is 0.960 bits per heavy atom. The molecule has 0 bridgehead atoms. The van der Waals surface area contributed by atoms with Crippen molar-refractivity contribution in [2.75, 3.05) is 0 Å². The Morgan fingerprint density at radius 2 is 1.68 bits per heavy atom. The Balaban J connectivity index is 1.81. The van der Waals surface area contributed by atoms with Gasteiger partial charge < -0.3 is 5.32 Å². The Hall–Kier alpha value is -3.20. The quantitative estimate of drug-likeness (QED) is 0.709. The van der Waals surface area contributed by atoms with Crippen molar-refractivity contribution in [2.24, 2.45) is 0 Å². The molecule has 0 aliphatic carbocycles. The third-order valence-corrected chi connectivity index (χ3v) is 3.94. The van der Waals surface area contributed by atoms with Gasteiger partial charge in [0, 0.05) is 18.5 Å². The largest absolute Gasteiger partial charge is 0.342 e. The molecule has 0 aliphatic rings. The van der Waals surface area contributed by atoms with E-state index in [-0.39, 0.29) is 11.9 Å². The Morgan fingerprint density at radius 3 is 2.36 bits per heavy atom. The molecule has 3 aromatic rings. The molecule has 0 saturated heterocycles. The highest BCUT2D eigenvalue weighted by atomic mass is 16.1. The minimum atomic E-state index is -0.187. The zero-order chi connectivity index (χ0) is 17.5. The van der Waals surface area contributed by atoms with Crippen LogP contribution in [0.15, 0.2) is 85.2 Å². The standard InChI is InChI=1S/C22H20N2O/c1-17-9-12-20(13-10-17)22(19-7-3-2-4-8-19)24-21(25)14-11-18-6-5-15-23-16-18/h2-16,22H,1H3,(H,24,25)/b14-11+. The van der Waals surface area contributed by atoms with Crippen molar-refractivity contribution in [3.05, 3.63) is 107 Å². The molecule has 0 fully saturated rings. The van der Waals surface area contributed by atoms with E-state index in [0.717, 1.165) is 16.7 Å². The van der Waals surface area contributed by atoms with Gasteiger partial charge in [0.1, 0.15) is 0 Å². The second kappa shape index (κ2) is 8.06. The van der Waals surface area contributed by atoms with E-state index in [0.29, 0.717) is 0 Å². The maximum atomic E-state index is 12.4. The summed E-state index contributed by atoms with van der Waals surface area (Å²) in [5.41, 5.74) is 4.19. The smallest absolute Gasteiger partial charge is 0.244 e. The average Bonchev–Trinajstić information content (AvgIpc) is 2.67. The lowest BCUT2D eigenvalue weighted by Gasteiger charge is -2.19. The summed E-state index contributed by atoms with van der Waals surface area (Å²) in [5, 5.41) is 3.09. The summed E-state index contributed by atoms with van der Waals surface area (Å²) in [7, 11) is 0. The van der Waals surface area contributed by atoms with Crippen LogP contribution in [0.25, 0.3) is 6.08 Å². The van der Waals surface area contributed by atoms with Crippen molar-refractivity contribution in [1.29, 1.82) is 0 Å². The van der Waals surface area contributed by atoms with Gasteiger partial charge in [-0.15, -0.1) is 0 Å². The molecule has 1 aromatic heterocycles. The lowest BCUT2D eigenvalue weighted by atomic mass is 9.98. The van der Waals surface area contributed by atoms with Gasteiger partial charge in [0.2, 0.25) is 5.91 Å². The first kappa shape index (κ1) is 16.7. The van der Waals surface area contributed by atoms with Crippen molar-refractivity contribution >= 4 is 12.0 Å². The second-order valence-electron chi connectivity index (χ2n) is 5.88. The first-order chi connectivity index (χ1) is 12.2. The maximum absolute atomic E-state index is 12.4. The van der Waals surface area contributed by atoms with Gasteiger partial charge >= 0.3 is 0 Å². The highest BCUT2D eigenvalue weighted by Crippen LogP contribution is 2.22. The summed E-state index contributed by atoms with van der Waals surface area (Å²) in [4.78, 5) is 16.5. The number of hydrogen-bond acceptors (Lipinski definition) is 2. The first-order valence-electron chi connectivity index (χ1n) is 8.22. The fourth-order valence-electron chi connectivity index (χ4n) is 2.60. The third-order valence-electron chi connectivity index (χ3n) is 3.94. The molecular formula is C22H20N2O. The summed E-state index contributed by atoms with van der Waals surface area (Å²) in [5.74, 6) is -0.140. The SMILES string of the molecule is Cc1ccc(C(NC(=O)/C=C/c2cccnc2)c2ccccc2)cc1. The van der Waals surface area contributed by atoms with Crippen LogP contribution >= 0.6 is 0 Å².